The Labute approximate surface area is 116 Å². The van der Waals surface area contributed by atoms with Gasteiger partial charge in [0, 0.05) is 12.7 Å². The van der Waals surface area contributed by atoms with E-state index in [4.69, 9.17) is 0 Å². The molecular formula is C11H18N8O. The van der Waals surface area contributed by atoms with E-state index in [1.807, 2.05) is 0 Å². The first kappa shape index (κ1) is 14.1. The summed E-state index contributed by atoms with van der Waals surface area (Å²) >= 11 is 0. The third-order valence-electron chi connectivity index (χ3n) is 2.98. The number of likely N-dealkylation sites (N-methyl/N-ethyl adjacent to an activating group) is 1. The molecule has 2 N–H and O–H groups in total. The van der Waals surface area contributed by atoms with Crippen LogP contribution >= 0.6 is 0 Å². The van der Waals surface area contributed by atoms with Gasteiger partial charge in [-0.05, 0) is 18.3 Å². The molecule has 0 radical (unpaired) electrons. The van der Waals surface area contributed by atoms with Gasteiger partial charge < -0.3 is 10.2 Å². The maximum Gasteiger partial charge on any atom is 0.297 e. The molecule has 0 aliphatic carbocycles. The summed E-state index contributed by atoms with van der Waals surface area (Å²) in [5, 5.41) is 19.6. The standard InChI is InChI=1S/C11H18N8O/c1-3-18(4-2)5-6-19-8-9(7-12-19)13-11(20)10-14-16-17-15-10/h7-8H,3-6H2,1-2H3,(H,13,20)(H,14,15,16,17). The molecule has 2 aromatic rings. The molecule has 0 unspecified atom stereocenters. The molecule has 0 fully saturated rings. The number of nitrogens with zero attached hydrogens (tertiary/aromatic N) is 6. The minimum absolute atomic E-state index is 0.000825. The third kappa shape index (κ3) is 3.60. The SMILES string of the molecule is CCN(CC)CCn1cc(NC(=O)c2nn[nH]n2)cn1. The largest absolute Gasteiger partial charge is 0.316 e. The maximum absolute atomic E-state index is 11.7. The van der Waals surface area contributed by atoms with E-state index in [0.29, 0.717) is 5.69 Å². The normalized spacial score (nSPS) is 10.9. The maximum atomic E-state index is 11.7. The molecule has 0 aliphatic heterocycles. The highest BCUT2D eigenvalue weighted by atomic mass is 16.2. The van der Waals surface area contributed by atoms with Crippen LogP contribution in [0.5, 0.6) is 0 Å². The van der Waals surface area contributed by atoms with E-state index in [2.05, 4.69) is 49.8 Å². The lowest BCUT2D eigenvalue weighted by atomic mass is 10.4. The molecule has 0 saturated carbocycles. The van der Waals surface area contributed by atoms with E-state index in [-0.39, 0.29) is 5.82 Å². The van der Waals surface area contributed by atoms with Crippen LogP contribution in [0.25, 0.3) is 0 Å². The molecule has 0 atom stereocenters. The Bertz CT molecular complexity index is 530. The number of H-pyrrole nitrogens is 1. The molecule has 0 aliphatic rings. The lowest BCUT2D eigenvalue weighted by Crippen LogP contribution is -2.27. The van der Waals surface area contributed by atoms with Gasteiger partial charge in [-0.15, -0.1) is 10.2 Å². The number of hydrogen-bond donors (Lipinski definition) is 2. The Morgan fingerprint density at radius 2 is 2.25 bits per heavy atom. The molecule has 2 aromatic heterocycles. The Morgan fingerprint density at radius 3 is 2.90 bits per heavy atom. The average Bonchev–Trinajstić information content (AvgIpc) is 3.11. The number of carbonyl (C=O) groups is 1. The summed E-state index contributed by atoms with van der Waals surface area (Å²) in [5.74, 6) is -0.414. The van der Waals surface area contributed by atoms with Gasteiger partial charge in [-0.25, -0.2) is 0 Å². The molecule has 0 spiro atoms. The van der Waals surface area contributed by atoms with E-state index in [1.165, 1.54) is 0 Å². The Hall–Kier alpha value is -2.29. The summed E-state index contributed by atoms with van der Waals surface area (Å²) in [7, 11) is 0. The summed E-state index contributed by atoms with van der Waals surface area (Å²) in [5.41, 5.74) is 0.611. The number of anilines is 1. The summed E-state index contributed by atoms with van der Waals surface area (Å²) < 4.78 is 1.80. The van der Waals surface area contributed by atoms with Crippen LogP contribution in [0.2, 0.25) is 0 Å². The van der Waals surface area contributed by atoms with Gasteiger partial charge in [0.05, 0.1) is 18.4 Å². The number of aromatic nitrogens is 6. The molecule has 0 bridgehead atoms. The van der Waals surface area contributed by atoms with Gasteiger partial charge in [-0.2, -0.15) is 10.3 Å². The van der Waals surface area contributed by atoms with Crippen molar-refractivity contribution >= 4 is 11.6 Å². The summed E-state index contributed by atoms with van der Waals surface area (Å²) in [6.45, 7) is 7.98. The fourth-order valence-electron chi connectivity index (χ4n) is 1.78. The third-order valence-corrected chi connectivity index (χ3v) is 2.98. The van der Waals surface area contributed by atoms with Gasteiger partial charge in [0.2, 0.25) is 0 Å². The minimum atomic E-state index is -0.415. The Balaban J connectivity index is 1.87. The van der Waals surface area contributed by atoms with E-state index < -0.39 is 5.91 Å². The fourth-order valence-corrected chi connectivity index (χ4v) is 1.78. The zero-order valence-electron chi connectivity index (χ0n) is 11.6. The van der Waals surface area contributed by atoms with Gasteiger partial charge >= 0.3 is 0 Å². The predicted molar refractivity (Wildman–Crippen MR) is 72.1 cm³/mol. The van der Waals surface area contributed by atoms with Crippen molar-refractivity contribution in [1.82, 2.24) is 35.3 Å². The van der Waals surface area contributed by atoms with E-state index in [1.54, 1.807) is 17.1 Å². The van der Waals surface area contributed by atoms with Crippen molar-refractivity contribution in [3.63, 3.8) is 0 Å². The van der Waals surface area contributed by atoms with E-state index in [9.17, 15) is 4.79 Å². The summed E-state index contributed by atoms with van der Waals surface area (Å²) in [6.07, 6.45) is 3.38. The van der Waals surface area contributed by atoms with Crippen molar-refractivity contribution in [3.8, 4) is 0 Å². The van der Waals surface area contributed by atoms with Gasteiger partial charge in [-0.3, -0.25) is 9.48 Å². The molecular weight excluding hydrogens is 260 g/mol. The highest BCUT2D eigenvalue weighted by Crippen LogP contribution is 2.06. The minimum Gasteiger partial charge on any atom is -0.316 e. The van der Waals surface area contributed by atoms with Crippen molar-refractivity contribution < 1.29 is 4.79 Å². The number of carbonyl (C=O) groups excluding carboxylic acids is 1. The van der Waals surface area contributed by atoms with Crippen LogP contribution in [0.4, 0.5) is 5.69 Å². The number of amides is 1. The number of hydrogen-bond acceptors (Lipinski definition) is 6. The fraction of sp³-hybridized carbons (Fsp3) is 0.545. The first-order valence-corrected chi connectivity index (χ1v) is 6.52. The lowest BCUT2D eigenvalue weighted by molar-refractivity contribution is 0.101. The van der Waals surface area contributed by atoms with Gasteiger partial charge in [-0.1, -0.05) is 13.8 Å². The molecule has 1 amide bonds. The van der Waals surface area contributed by atoms with E-state index in [0.717, 1.165) is 26.2 Å². The number of aromatic amines is 1. The van der Waals surface area contributed by atoms with Gasteiger partial charge in [0.15, 0.2) is 0 Å². The number of rotatable bonds is 7. The quantitative estimate of drug-likeness (QED) is 0.738. The molecule has 0 aromatic carbocycles. The second kappa shape index (κ2) is 6.75. The highest BCUT2D eigenvalue weighted by Gasteiger charge is 2.11. The van der Waals surface area contributed by atoms with Gasteiger partial charge in [0.1, 0.15) is 0 Å². The van der Waals surface area contributed by atoms with Crippen molar-refractivity contribution in [3.05, 3.63) is 18.2 Å². The molecule has 0 saturated heterocycles. The smallest absolute Gasteiger partial charge is 0.297 e. The second-order valence-electron chi connectivity index (χ2n) is 4.21. The van der Waals surface area contributed by atoms with Crippen LogP contribution in [0.1, 0.15) is 24.5 Å². The molecule has 108 valence electrons. The molecule has 2 rings (SSSR count). The van der Waals surface area contributed by atoms with Crippen LogP contribution in [0, 0.1) is 0 Å². The van der Waals surface area contributed by atoms with Crippen LogP contribution in [-0.4, -0.2) is 60.8 Å². The molecule has 2 heterocycles. The zero-order chi connectivity index (χ0) is 14.4. The number of nitrogens with one attached hydrogen (secondary N) is 2. The Morgan fingerprint density at radius 1 is 1.45 bits per heavy atom. The number of tetrazole rings is 1. The molecule has 9 heteroatoms. The lowest BCUT2D eigenvalue weighted by Gasteiger charge is -2.17. The van der Waals surface area contributed by atoms with Crippen LogP contribution < -0.4 is 5.32 Å². The Kier molecular flexibility index (Phi) is 4.77. The first-order valence-electron chi connectivity index (χ1n) is 6.52. The van der Waals surface area contributed by atoms with Crippen molar-refractivity contribution in [1.29, 1.82) is 0 Å². The topological polar surface area (TPSA) is 105 Å². The zero-order valence-corrected chi connectivity index (χ0v) is 11.6. The van der Waals surface area contributed by atoms with E-state index >= 15 is 0 Å². The van der Waals surface area contributed by atoms with Crippen LogP contribution in [0.15, 0.2) is 12.4 Å². The average molecular weight is 278 g/mol. The van der Waals surface area contributed by atoms with Crippen LogP contribution in [-0.2, 0) is 6.54 Å². The second-order valence-corrected chi connectivity index (χ2v) is 4.21. The van der Waals surface area contributed by atoms with Gasteiger partial charge in [0.25, 0.3) is 11.7 Å². The van der Waals surface area contributed by atoms with Crippen molar-refractivity contribution in [2.75, 3.05) is 25.0 Å². The summed E-state index contributed by atoms with van der Waals surface area (Å²) in [4.78, 5) is 14.0. The predicted octanol–water partition coefficient (Wildman–Crippen LogP) is -0.00970. The monoisotopic (exact) mass is 278 g/mol. The van der Waals surface area contributed by atoms with Crippen molar-refractivity contribution in [2.24, 2.45) is 0 Å². The molecule has 20 heavy (non-hydrogen) atoms. The first-order chi connectivity index (χ1) is 9.72. The summed E-state index contributed by atoms with van der Waals surface area (Å²) in [6, 6.07) is 0. The molecule has 9 nitrogen and oxygen atoms in total. The van der Waals surface area contributed by atoms with Crippen molar-refractivity contribution in [2.45, 2.75) is 20.4 Å². The van der Waals surface area contributed by atoms with Crippen LogP contribution in [0.3, 0.4) is 0 Å². The highest BCUT2D eigenvalue weighted by molar-refractivity contribution is 6.01.